The van der Waals surface area contributed by atoms with Crippen molar-refractivity contribution in [2.75, 3.05) is 19.6 Å². The van der Waals surface area contributed by atoms with Crippen molar-refractivity contribution in [3.63, 3.8) is 0 Å². The van der Waals surface area contributed by atoms with Gasteiger partial charge in [-0.05, 0) is 64.6 Å². The largest absolute Gasteiger partial charge is 0.309 e. The molecule has 0 aromatic rings. The lowest BCUT2D eigenvalue weighted by molar-refractivity contribution is 0.214. The summed E-state index contributed by atoms with van der Waals surface area (Å²) in [5, 5.41) is 3.91. The minimum atomic E-state index is 0.254. The van der Waals surface area contributed by atoms with E-state index in [1.165, 1.54) is 45.3 Å². The van der Waals surface area contributed by atoms with Crippen LogP contribution >= 0.6 is 0 Å². The van der Waals surface area contributed by atoms with Gasteiger partial charge in [0, 0.05) is 11.6 Å². The van der Waals surface area contributed by atoms with Crippen LogP contribution in [0.1, 0.15) is 67.2 Å². The van der Waals surface area contributed by atoms with Crippen molar-refractivity contribution in [3.05, 3.63) is 0 Å². The molecule has 0 aliphatic carbocycles. The zero-order valence-electron chi connectivity index (χ0n) is 13.5. The molecule has 18 heavy (non-hydrogen) atoms. The molecule has 0 bridgehead atoms. The van der Waals surface area contributed by atoms with E-state index in [2.05, 4.69) is 51.8 Å². The minimum absolute atomic E-state index is 0.254. The molecule has 1 unspecified atom stereocenters. The lowest BCUT2D eigenvalue weighted by Gasteiger charge is -2.36. The van der Waals surface area contributed by atoms with E-state index in [1.807, 2.05) is 0 Å². The van der Waals surface area contributed by atoms with Crippen LogP contribution in [0.2, 0.25) is 0 Å². The van der Waals surface area contributed by atoms with Crippen molar-refractivity contribution in [2.45, 2.75) is 78.8 Å². The molecule has 0 aromatic heterocycles. The van der Waals surface area contributed by atoms with Gasteiger partial charge in [-0.2, -0.15) is 0 Å². The third-order valence-electron chi connectivity index (χ3n) is 3.84. The highest BCUT2D eigenvalue weighted by Crippen LogP contribution is 2.28. The normalized spacial score (nSPS) is 24.0. The summed E-state index contributed by atoms with van der Waals surface area (Å²) in [5.41, 5.74) is 0.654. The summed E-state index contributed by atoms with van der Waals surface area (Å²) in [6, 6.07) is 0.707. The van der Waals surface area contributed by atoms with E-state index < -0.39 is 0 Å². The Labute approximate surface area is 115 Å². The zero-order valence-corrected chi connectivity index (χ0v) is 13.5. The lowest BCUT2D eigenvalue weighted by atomic mass is 9.81. The molecule has 1 atom stereocenters. The second kappa shape index (κ2) is 6.38. The fraction of sp³-hybridized carbons (Fsp3) is 1.00. The Morgan fingerprint density at radius 1 is 1.06 bits per heavy atom. The molecule has 0 saturated carbocycles. The average molecular weight is 254 g/mol. The number of nitrogens with zero attached hydrogens (tertiary/aromatic N) is 1. The van der Waals surface area contributed by atoms with E-state index in [0.717, 1.165) is 0 Å². The van der Waals surface area contributed by atoms with Crippen LogP contribution in [0.3, 0.4) is 0 Å². The van der Waals surface area contributed by atoms with Gasteiger partial charge in [-0.1, -0.05) is 27.7 Å². The minimum Gasteiger partial charge on any atom is -0.309 e. The summed E-state index contributed by atoms with van der Waals surface area (Å²) in [6.45, 7) is 17.8. The van der Waals surface area contributed by atoms with Crippen molar-refractivity contribution in [3.8, 4) is 0 Å². The molecular formula is C16H34N2. The fourth-order valence-electron chi connectivity index (χ4n) is 3.55. The summed E-state index contributed by atoms with van der Waals surface area (Å²) in [5.74, 6) is 0. The van der Waals surface area contributed by atoms with E-state index in [-0.39, 0.29) is 5.54 Å². The second-order valence-electron chi connectivity index (χ2n) is 7.83. The van der Waals surface area contributed by atoms with Gasteiger partial charge in [0.15, 0.2) is 0 Å². The summed E-state index contributed by atoms with van der Waals surface area (Å²) in [4.78, 5) is 2.58. The number of likely N-dealkylation sites (tertiary alicyclic amines) is 1. The van der Waals surface area contributed by atoms with E-state index in [0.29, 0.717) is 11.5 Å². The van der Waals surface area contributed by atoms with Gasteiger partial charge >= 0.3 is 0 Å². The lowest BCUT2D eigenvalue weighted by Crippen LogP contribution is -2.48. The van der Waals surface area contributed by atoms with Gasteiger partial charge in [0.1, 0.15) is 0 Å². The third-order valence-corrected chi connectivity index (χ3v) is 3.84. The van der Waals surface area contributed by atoms with Crippen LogP contribution in [0.4, 0.5) is 0 Å². The summed E-state index contributed by atoms with van der Waals surface area (Å²) < 4.78 is 0. The Balaban J connectivity index is 2.46. The van der Waals surface area contributed by atoms with Crippen LogP contribution in [-0.2, 0) is 0 Å². The van der Waals surface area contributed by atoms with Crippen LogP contribution in [-0.4, -0.2) is 36.1 Å². The van der Waals surface area contributed by atoms with Crippen LogP contribution in [0.5, 0.6) is 0 Å². The molecule has 0 radical (unpaired) electrons. The van der Waals surface area contributed by atoms with Gasteiger partial charge in [0.05, 0.1) is 0 Å². The highest BCUT2D eigenvalue weighted by molar-refractivity contribution is 4.87. The number of rotatable bonds is 4. The van der Waals surface area contributed by atoms with Gasteiger partial charge in [-0.3, -0.25) is 0 Å². The molecule has 0 aromatic carbocycles. The van der Waals surface area contributed by atoms with E-state index in [4.69, 9.17) is 0 Å². The zero-order chi connectivity index (χ0) is 13.8. The maximum absolute atomic E-state index is 3.91. The maximum atomic E-state index is 3.91. The summed E-state index contributed by atoms with van der Waals surface area (Å²) in [7, 11) is 0. The summed E-state index contributed by atoms with van der Waals surface area (Å²) >= 11 is 0. The molecule has 1 fully saturated rings. The predicted molar refractivity (Wildman–Crippen MR) is 81.0 cm³/mol. The topological polar surface area (TPSA) is 15.3 Å². The number of nitrogens with one attached hydrogen (secondary N) is 1. The summed E-state index contributed by atoms with van der Waals surface area (Å²) in [6.07, 6.45) is 5.22. The molecule has 1 saturated heterocycles. The van der Waals surface area contributed by atoms with E-state index in [1.54, 1.807) is 0 Å². The fourth-order valence-corrected chi connectivity index (χ4v) is 3.55. The standard InChI is InChI=1S/C16H34N2/c1-7-18-11-8-9-14(10-12-18)17-16(5,6)13-15(2,3)4/h14,17H,7-13H2,1-6H3. The van der Waals surface area contributed by atoms with Gasteiger partial charge in [0.2, 0.25) is 0 Å². The molecular weight excluding hydrogens is 220 g/mol. The maximum Gasteiger partial charge on any atom is 0.0132 e. The van der Waals surface area contributed by atoms with Gasteiger partial charge in [-0.25, -0.2) is 0 Å². The van der Waals surface area contributed by atoms with Crippen molar-refractivity contribution < 1.29 is 0 Å². The molecule has 1 rings (SSSR count). The average Bonchev–Trinajstić information content (AvgIpc) is 2.38. The van der Waals surface area contributed by atoms with Gasteiger partial charge in [0.25, 0.3) is 0 Å². The van der Waals surface area contributed by atoms with Gasteiger partial charge in [-0.15, -0.1) is 0 Å². The Bertz CT molecular complexity index is 240. The van der Waals surface area contributed by atoms with Crippen LogP contribution in [0.25, 0.3) is 0 Å². The smallest absolute Gasteiger partial charge is 0.0132 e. The van der Waals surface area contributed by atoms with Crippen molar-refractivity contribution in [2.24, 2.45) is 5.41 Å². The van der Waals surface area contributed by atoms with Crippen molar-refractivity contribution in [1.82, 2.24) is 10.2 Å². The quantitative estimate of drug-likeness (QED) is 0.823. The SMILES string of the molecule is CCN1CCCC(NC(C)(C)CC(C)(C)C)CC1. The van der Waals surface area contributed by atoms with Crippen LogP contribution in [0, 0.1) is 5.41 Å². The Morgan fingerprint density at radius 2 is 1.72 bits per heavy atom. The second-order valence-corrected chi connectivity index (χ2v) is 7.83. The number of hydrogen-bond donors (Lipinski definition) is 1. The highest BCUT2D eigenvalue weighted by Gasteiger charge is 2.28. The number of hydrogen-bond acceptors (Lipinski definition) is 2. The van der Waals surface area contributed by atoms with Crippen molar-refractivity contribution in [1.29, 1.82) is 0 Å². The molecule has 1 aliphatic rings. The van der Waals surface area contributed by atoms with Crippen molar-refractivity contribution >= 4 is 0 Å². The Kier molecular flexibility index (Phi) is 5.67. The third kappa shape index (κ3) is 6.19. The Morgan fingerprint density at radius 3 is 2.28 bits per heavy atom. The molecule has 1 aliphatic heterocycles. The van der Waals surface area contributed by atoms with E-state index >= 15 is 0 Å². The molecule has 1 N–H and O–H groups in total. The molecule has 2 nitrogen and oxygen atoms in total. The van der Waals surface area contributed by atoms with Crippen LogP contribution < -0.4 is 5.32 Å². The molecule has 2 heteroatoms. The highest BCUT2D eigenvalue weighted by atomic mass is 15.1. The first kappa shape index (κ1) is 16.0. The predicted octanol–water partition coefficient (Wildman–Crippen LogP) is 3.67. The van der Waals surface area contributed by atoms with Crippen LogP contribution in [0.15, 0.2) is 0 Å². The van der Waals surface area contributed by atoms with Gasteiger partial charge < -0.3 is 10.2 Å². The first-order valence-corrected chi connectivity index (χ1v) is 7.72. The first-order chi connectivity index (χ1) is 8.22. The molecule has 108 valence electrons. The molecule has 0 spiro atoms. The first-order valence-electron chi connectivity index (χ1n) is 7.72. The Hall–Kier alpha value is -0.0800. The molecule has 1 heterocycles. The van der Waals surface area contributed by atoms with E-state index in [9.17, 15) is 0 Å². The monoisotopic (exact) mass is 254 g/mol. The molecule has 0 amide bonds.